The Hall–Kier alpha value is -1.53. The minimum absolute atomic E-state index is 0.0787. The van der Waals surface area contributed by atoms with E-state index in [4.69, 9.17) is 59.5 Å². The molecule has 0 aromatic carbocycles. The highest BCUT2D eigenvalue weighted by atomic mass is 32.2. The van der Waals surface area contributed by atoms with E-state index < -0.39 is 44.1 Å². The zero-order chi connectivity index (χ0) is 57.8. The molecular formula is C52H106N10O11S4. The lowest BCUT2D eigenvalue weighted by atomic mass is 9.75. The van der Waals surface area contributed by atoms with Gasteiger partial charge in [-0.25, -0.2) is 16.8 Å². The van der Waals surface area contributed by atoms with Crippen LogP contribution >= 0.6 is 0 Å². The SMILES string of the molecule is C1CC2(CCO1)CNC2.C=C(O)C1CC(N)C1.C=S1(=O)CC2(CNC2)C1.C=S1(=O)CCC(N)CC1.CC(C)(C)CN.NC1CCOCC1.NC1CS(=O)(=O)C1.NCC1(C(N)=O)CCOCC1.O=S1(=O)CCC2(CC1)CNC2. The topological polar surface area (TPSA) is 386 Å². The van der Waals surface area contributed by atoms with Gasteiger partial charge in [-0.15, -0.1) is 0 Å². The number of sulfone groups is 2. The highest BCUT2D eigenvalue weighted by molar-refractivity contribution is 8.01. The number of allylic oxidation sites excluding steroid dienone is 1. The Bertz CT molecular complexity index is 2170. The summed E-state index contributed by atoms with van der Waals surface area (Å²) >= 11 is 0. The van der Waals surface area contributed by atoms with Crippen molar-refractivity contribution in [2.45, 2.75) is 122 Å². The Balaban J connectivity index is 0.000000229. The molecule has 10 heterocycles. The lowest BCUT2D eigenvalue weighted by Gasteiger charge is -2.51. The summed E-state index contributed by atoms with van der Waals surface area (Å²) in [6.45, 7) is 22.4. The van der Waals surface area contributed by atoms with Crippen molar-refractivity contribution in [1.82, 2.24) is 16.0 Å². The van der Waals surface area contributed by atoms with Gasteiger partial charge in [-0.3, -0.25) is 13.2 Å². The van der Waals surface area contributed by atoms with Gasteiger partial charge in [0.1, 0.15) is 9.84 Å². The van der Waals surface area contributed by atoms with Gasteiger partial charge in [0, 0.05) is 144 Å². The fraction of sp³-hybridized carbons (Fsp3) is 0.904. The Labute approximate surface area is 464 Å². The van der Waals surface area contributed by atoms with Gasteiger partial charge in [0.15, 0.2) is 9.84 Å². The van der Waals surface area contributed by atoms with Crippen LogP contribution in [0.2, 0.25) is 0 Å². The molecule has 3 spiro atoms. The van der Waals surface area contributed by atoms with Crippen LogP contribution in [0.25, 0.3) is 0 Å². The third kappa shape index (κ3) is 26.1. The first-order valence-electron chi connectivity index (χ1n) is 27.7. The van der Waals surface area contributed by atoms with E-state index in [1.54, 1.807) is 0 Å². The first kappa shape index (κ1) is 69.7. The maximum absolute atomic E-state index is 11.2. The molecular weight excluding hydrogens is 1070 g/mol. The fourth-order valence-corrected chi connectivity index (χ4v) is 16.9. The molecule has 0 bridgehead atoms. The number of rotatable bonds is 3. The summed E-state index contributed by atoms with van der Waals surface area (Å²) < 4.78 is 80.3. The molecule has 10 aliphatic heterocycles. The molecule has 454 valence electrons. The van der Waals surface area contributed by atoms with E-state index in [0.29, 0.717) is 89.5 Å². The Kier molecular flexibility index (Phi) is 28.3. The second kappa shape index (κ2) is 31.2. The first-order valence-corrected chi connectivity index (χ1v) is 35.5. The smallest absolute Gasteiger partial charge is 0.225 e. The fourth-order valence-electron chi connectivity index (χ4n) is 9.74. The second-order valence-electron chi connectivity index (χ2n) is 25.0. The number of amides is 1. The van der Waals surface area contributed by atoms with E-state index in [9.17, 15) is 30.0 Å². The monoisotopic (exact) mass is 1170 g/mol. The Morgan fingerprint density at radius 2 is 0.961 bits per heavy atom. The van der Waals surface area contributed by atoms with Gasteiger partial charge < -0.3 is 75.4 Å². The molecule has 0 atom stereocenters. The molecule has 0 unspecified atom stereocenters. The van der Waals surface area contributed by atoms with Crippen LogP contribution in [0.15, 0.2) is 12.3 Å². The van der Waals surface area contributed by atoms with Crippen LogP contribution in [0, 0.1) is 33.0 Å². The van der Waals surface area contributed by atoms with Crippen molar-refractivity contribution in [2.24, 2.45) is 73.1 Å². The molecule has 11 fully saturated rings. The molecule has 11 rings (SSSR count). The zero-order valence-corrected chi connectivity index (χ0v) is 50.5. The molecule has 1 aliphatic carbocycles. The van der Waals surface area contributed by atoms with Crippen molar-refractivity contribution in [3.63, 3.8) is 0 Å². The summed E-state index contributed by atoms with van der Waals surface area (Å²) in [6.07, 6.45) is 11.3. The number of nitrogens with one attached hydrogen (secondary N) is 3. The number of hydrogen-bond acceptors (Lipinski definition) is 20. The number of hydrogen-bond donors (Lipinski definition) is 11. The van der Waals surface area contributed by atoms with Crippen molar-refractivity contribution in [2.75, 3.05) is 138 Å². The van der Waals surface area contributed by atoms with Crippen LogP contribution in [0.1, 0.15) is 97.8 Å². The third-order valence-corrected chi connectivity index (χ3v) is 23.9. The predicted octanol–water partition coefficient (Wildman–Crippen LogP) is -0.819. The van der Waals surface area contributed by atoms with E-state index in [1.165, 1.54) is 25.9 Å². The second-order valence-corrected chi connectivity index (χ2v) is 34.7. The third-order valence-electron chi connectivity index (χ3n) is 16.1. The maximum atomic E-state index is 11.2. The van der Waals surface area contributed by atoms with Crippen LogP contribution < -0.4 is 56.1 Å². The van der Waals surface area contributed by atoms with Gasteiger partial charge in [0.2, 0.25) is 5.91 Å². The van der Waals surface area contributed by atoms with Crippen molar-refractivity contribution < 1.29 is 49.4 Å². The number of aliphatic hydroxyl groups excluding tert-OH is 1. The van der Waals surface area contributed by atoms with Crippen molar-refractivity contribution in [1.29, 1.82) is 0 Å². The quantitative estimate of drug-likeness (QED) is 0.121. The van der Waals surface area contributed by atoms with E-state index in [-0.39, 0.29) is 29.5 Å². The summed E-state index contributed by atoms with van der Waals surface area (Å²) in [5.41, 5.74) is 39.1. The van der Waals surface area contributed by atoms with E-state index in [1.807, 2.05) is 0 Å². The summed E-state index contributed by atoms with van der Waals surface area (Å²) in [6, 6.07) is 0.920. The van der Waals surface area contributed by atoms with Gasteiger partial charge in [-0.05, 0) is 131 Å². The van der Waals surface area contributed by atoms with Crippen LogP contribution in [0.4, 0.5) is 0 Å². The number of ether oxygens (including phenoxy) is 3. The molecule has 18 N–H and O–H groups in total. The Morgan fingerprint density at radius 1 is 0.571 bits per heavy atom. The van der Waals surface area contributed by atoms with Crippen molar-refractivity contribution in [3.05, 3.63) is 12.3 Å². The normalized spacial score (nSPS) is 30.7. The lowest BCUT2D eigenvalue weighted by molar-refractivity contribution is -0.132. The Morgan fingerprint density at radius 3 is 1.17 bits per heavy atom. The van der Waals surface area contributed by atoms with Crippen LogP contribution in [-0.4, -0.2) is 210 Å². The predicted molar refractivity (Wildman–Crippen MR) is 317 cm³/mol. The van der Waals surface area contributed by atoms with Gasteiger partial charge >= 0.3 is 0 Å². The van der Waals surface area contributed by atoms with Crippen molar-refractivity contribution >= 4 is 56.4 Å². The molecule has 1 saturated carbocycles. The summed E-state index contributed by atoms with van der Waals surface area (Å²) in [5, 5.41) is 18.4. The summed E-state index contributed by atoms with van der Waals surface area (Å²) in [7, 11) is -8.60. The molecule has 21 nitrogen and oxygen atoms in total. The molecule has 0 aromatic rings. The molecule has 10 saturated heterocycles. The molecule has 25 heteroatoms. The van der Waals surface area contributed by atoms with Gasteiger partial charge in [0.25, 0.3) is 0 Å². The average Bonchev–Trinajstić information content (AvgIpc) is 3.31. The standard InChI is InChI=1S/C7H14N2O2.C7H13NO2S.C7H13NO.C6H11NOS.C6H13NOS.C6H11NO.C5H11NO.C5H13N.C3H7NO2S/c8-5-7(6(9)10)1-3-11-4-2-7;9-11(10)3-1-7(2-4-11)5-8-6-7;1-3-9-4-2-7(1)5-8-6-7;1-9(8)4-6(5-9)2-7-3-6;1-9(8)4-2-6(7)3-5-9;1-4(8)5-2-6(7)3-5;6-5-1-3-7-4-2-5;1-5(2,3)4-6;4-3-1-7(5,6)2-3/h1-5,8H2,(H2,9,10);8H,1-6H2;8H,1-6H2;7H,1-5H2;6H,1-5,7H2;5-6,8H,1-3,7H2;5H,1-4,6H2;4,6H2,1-3H3;3H,1-2,4H2. The first-order chi connectivity index (χ1) is 35.7. The van der Waals surface area contributed by atoms with E-state index in [0.717, 1.165) is 134 Å². The van der Waals surface area contributed by atoms with Gasteiger partial charge in [-0.1, -0.05) is 27.4 Å². The van der Waals surface area contributed by atoms with Crippen LogP contribution in [-0.2, 0) is 57.7 Å². The van der Waals surface area contributed by atoms with E-state index >= 15 is 0 Å². The minimum Gasteiger partial charge on any atom is -0.513 e. The summed E-state index contributed by atoms with van der Waals surface area (Å²) in [4.78, 5) is 11.0. The number of carbonyl (C=O) groups excluding carboxylic acids is 1. The highest BCUT2D eigenvalue weighted by Crippen LogP contribution is 2.37. The van der Waals surface area contributed by atoms with E-state index in [2.05, 4.69) is 55.0 Å². The molecule has 0 radical (unpaired) electrons. The molecule has 11 aliphatic rings. The maximum Gasteiger partial charge on any atom is 0.225 e. The lowest BCUT2D eigenvalue weighted by Crippen LogP contribution is -2.66. The van der Waals surface area contributed by atoms with Gasteiger partial charge in [-0.2, -0.15) is 0 Å². The van der Waals surface area contributed by atoms with Crippen LogP contribution in [0.5, 0.6) is 0 Å². The van der Waals surface area contributed by atoms with Crippen LogP contribution in [0.3, 0.4) is 0 Å². The molecule has 0 aromatic heterocycles. The largest absolute Gasteiger partial charge is 0.513 e. The minimum atomic E-state index is -2.66. The molecule has 1 amide bonds. The zero-order valence-electron chi connectivity index (χ0n) is 47.3. The average molecular weight is 1180 g/mol. The number of aliphatic hydroxyl groups is 1. The number of carbonyl (C=O) groups is 1. The van der Waals surface area contributed by atoms with Crippen molar-refractivity contribution in [3.8, 4) is 0 Å². The summed E-state index contributed by atoms with van der Waals surface area (Å²) in [5.74, 6) is 12.0. The highest BCUT2D eigenvalue weighted by Gasteiger charge is 2.49. The number of nitrogens with two attached hydrogens (primary N) is 7. The number of primary amides is 1. The van der Waals surface area contributed by atoms with Gasteiger partial charge in [0.05, 0.1) is 34.2 Å². The molecule has 77 heavy (non-hydrogen) atoms.